The van der Waals surface area contributed by atoms with Gasteiger partial charge in [-0.1, -0.05) is 41.6 Å². The molecule has 3 aromatic rings. The van der Waals surface area contributed by atoms with Gasteiger partial charge in [0.25, 0.3) is 17.5 Å². The number of carbonyl (C=O) groups is 2. The van der Waals surface area contributed by atoms with E-state index in [-0.39, 0.29) is 12.3 Å². The van der Waals surface area contributed by atoms with E-state index in [1.54, 1.807) is 6.07 Å². The minimum absolute atomic E-state index is 0.0859. The Morgan fingerprint density at radius 3 is 2.48 bits per heavy atom. The number of nitro groups is 1. The second kappa shape index (κ2) is 9.09. The van der Waals surface area contributed by atoms with Crippen molar-refractivity contribution >= 4 is 45.9 Å². The van der Waals surface area contributed by atoms with Crippen molar-refractivity contribution in [3.05, 3.63) is 76.8 Å². The number of benzene rings is 3. The first kappa shape index (κ1) is 19.5. The van der Waals surface area contributed by atoms with Gasteiger partial charge in [-0.3, -0.25) is 19.7 Å². The number of fused-ring (bicyclic) bond motifs is 1. The highest BCUT2D eigenvalue weighted by molar-refractivity contribution is 6.31. The molecule has 0 heterocycles. The molecular weight excluding hydrogens is 376 g/mol. The van der Waals surface area contributed by atoms with E-state index < -0.39 is 16.7 Å². The number of rotatable bonds is 7. The Bertz CT molecular complexity index is 1070. The highest BCUT2D eigenvalue weighted by Gasteiger charge is 2.07. The minimum Gasteiger partial charge on any atom is -0.385 e. The Morgan fingerprint density at radius 2 is 1.72 bits per heavy atom. The first-order valence-corrected chi connectivity index (χ1v) is 8.51. The van der Waals surface area contributed by atoms with Gasteiger partial charge in [-0.25, -0.2) is 0 Å². The fraction of sp³-hybridized carbons (Fsp3) is 0.0500. The van der Waals surface area contributed by atoms with Crippen LogP contribution in [0.1, 0.15) is 0 Å². The molecule has 0 radical (unpaired) electrons. The number of hydrogen-bond donors (Lipinski definition) is 2. The molecule has 0 atom stereocenters. The van der Waals surface area contributed by atoms with Gasteiger partial charge in [-0.05, 0) is 23.6 Å². The lowest BCUT2D eigenvalue weighted by atomic mass is 10.1. The summed E-state index contributed by atoms with van der Waals surface area (Å²) in [6.07, 6.45) is 0.868. The molecule has 0 fully saturated rings. The Balaban J connectivity index is 1.47. The molecule has 2 amide bonds. The van der Waals surface area contributed by atoms with Crippen LogP contribution in [0, 0.1) is 10.1 Å². The smallest absolute Gasteiger partial charge is 0.270 e. The second-order valence-corrected chi connectivity index (χ2v) is 5.88. The van der Waals surface area contributed by atoms with E-state index in [1.807, 2.05) is 36.4 Å². The molecule has 0 spiro atoms. The Hall–Kier alpha value is -4.27. The number of non-ortho nitro benzene ring substituents is 1. The van der Waals surface area contributed by atoms with Crippen LogP contribution in [0.5, 0.6) is 0 Å². The molecule has 0 aliphatic carbocycles. The molecule has 0 bridgehead atoms. The molecule has 3 aromatic carbocycles. The van der Waals surface area contributed by atoms with Crippen LogP contribution in [-0.2, 0) is 14.4 Å². The maximum absolute atomic E-state index is 12.0. The van der Waals surface area contributed by atoms with Crippen LogP contribution >= 0.6 is 0 Å². The van der Waals surface area contributed by atoms with E-state index >= 15 is 0 Å². The lowest BCUT2D eigenvalue weighted by molar-refractivity contribution is -0.384. The third kappa shape index (κ3) is 5.36. The summed E-state index contributed by atoms with van der Waals surface area (Å²) in [7, 11) is 0. The third-order valence-corrected chi connectivity index (χ3v) is 3.85. The van der Waals surface area contributed by atoms with Gasteiger partial charge < -0.3 is 15.5 Å². The van der Waals surface area contributed by atoms with Crippen molar-refractivity contribution in [1.82, 2.24) is 0 Å². The molecule has 0 aliphatic heterocycles. The summed E-state index contributed by atoms with van der Waals surface area (Å²) in [5, 5.41) is 21.1. The monoisotopic (exact) mass is 392 g/mol. The number of anilines is 2. The largest absolute Gasteiger partial charge is 0.385 e. The lowest BCUT2D eigenvalue weighted by Crippen LogP contribution is -2.18. The lowest BCUT2D eigenvalue weighted by Gasteiger charge is -2.08. The number of nitrogens with zero attached hydrogens (tertiary/aromatic N) is 2. The average molecular weight is 392 g/mol. The molecule has 3 rings (SSSR count). The molecule has 0 unspecified atom stereocenters. The molecule has 0 saturated heterocycles. The molecule has 0 aliphatic rings. The van der Waals surface area contributed by atoms with Crippen LogP contribution in [0.4, 0.5) is 17.1 Å². The fourth-order valence-electron chi connectivity index (χ4n) is 2.54. The van der Waals surface area contributed by atoms with Crippen molar-refractivity contribution in [3.63, 3.8) is 0 Å². The maximum Gasteiger partial charge on any atom is 0.270 e. The zero-order chi connectivity index (χ0) is 20.6. The molecule has 9 heteroatoms. The number of nitrogens with one attached hydrogen (secondary N) is 2. The third-order valence-electron chi connectivity index (χ3n) is 3.85. The minimum atomic E-state index is -0.603. The van der Waals surface area contributed by atoms with E-state index in [4.69, 9.17) is 4.84 Å². The van der Waals surface area contributed by atoms with Crippen LogP contribution in [0.2, 0.25) is 0 Å². The van der Waals surface area contributed by atoms with Crippen LogP contribution in [0.25, 0.3) is 10.8 Å². The zero-order valence-electron chi connectivity index (χ0n) is 15.1. The molecule has 9 nitrogen and oxygen atoms in total. The SMILES string of the molecule is O=C(/C=N/OCC(=O)Nc1cccc2ccccc12)Nc1ccc([N+](=O)[O-])cc1. The standard InChI is InChI=1S/C20H16N4O5/c25-19(22-15-8-10-16(11-9-15)24(27)28)12-21-29-13-20(26)23-18-7-3-5-14-4-1-2-6-17(14)18/h1-12H,13H2,(H,22,25)(H,23,26)/b21-12+. The van der Waals surface area contributed by atoms with Crippen molar-refractivity contribution in [3.8, 4) is 0 Å². The Kier molecular flexibility index (Phi) is 6.11. The molecular formula is C20H16N4O5. The van der Waals surface area contributed by atoms with Crippen molar-refractivity contribution in [2.45, 2.75) is 0 Å². The topological polar surface area (TPSA) is 123 Å². The van der Waals surface area contributed by atoms with Crippen LogP contribution < -0.4 is 10.6 Å². The van der Waals surface area contributed by atoms with Gasteiger partial charge in [-0.15, -0.1) is 0 Å². The molecule has 0 aromatic heterocycles. The van der Waals surface area contributed by atoms with Gasteiger partial charge >= 0.3 is 0 Å². The van der Waals surface area contributed by atoms with Gasteiger partial charge in [0, 0.05) is 28.9 Å². The molecule has 146 valence electrons. The van der Waals surface area contributed by atoms with Crippen molar-refractivity contribution in [1.29, 1.82) is 0 Å². The number of carbonyl (C=O) groups excluding carboxylic acids is 2. The first-order valence-electron chi connectivity index (χ1n) is 8.51. The fourth-order valence-corrected chi connectivity index (χ4v) is 2.54. The van der Waals surface area contributed by atoms with Gasteiger partial charge in [0.15, 0.2) is 6.61 Å². The van der Waals surface area contributed by atoms with Crippen molar-refractivity contribution in [2.75, 3.05) is 17.2 Å². The van der Waals surface area contributed by atoms with Gasteiger partial charge in [0.1, 0.15) is 6.21 Å². The summed E-state index contributed by atoms with van der Waals surface area (Å²) in [6.45, 7) is -0.371. The summed E-state index contributed by atoms with van der Waals surface area (Å²) in [6, 6.07) is 18.5. The van der Waals surface area contributed by atoms with E-state index in [9.17, 15) is 19.7 Å². The predicted octanol–water partition coefficient (Wildman–Crippen LogP) is 3.33. The van der Waals surface area contributed by atoms with Crippen LogP contribution in [-0.4, -0.2) is 29.6 Å². The second-order valence-electron chi connectivity index (χ2n) is 5.88. The van der Waals surface area contributed by atoms with E-state index in [0.717, 1.165) is 17.0 Å². The summed E-state index contributed by atoms with van der Waals surface area (Å²) in [4.78, 5) is 38.7. The molecule has 0 saturated carbocycles. The van der Waals surface area contributed by atoms with Crippen molar-refractivity contribution < 1.29 is 19.3 Å². The highest BCUT2D eigenvalue weighted by Crippen LogP contribution is 2.22. The van der Waals surface area contributed by atoms with E-state index in [2.05, 4.69) is 15.8 Å². The Morgan fingerprint density at radius 1 is 1.00 bits per heavy atom. The number of nitro benzene ring substituents is 1. The molecule has 29 heavy (non-hydrogen) atoms. The quantitative estimate of drug-likeness (QED) is 0.363. The summed E-state index contributed by atoms with van der Waals surface area (Å²) >= 11 is 0. The summed E-state index contributed by atoms with van der Waals surface area (Å²) in [5.74, 6) is -1.03. The van der Waals surface area contributed by atoms with Gasteiger partial charge in [0.05, 0.1) is 4.92 Å². The van der Waals surface area contributed by atoms with E-state index in [0.29, 0.717) is 11.4 Å². The van der Waals surface area contributed by atoms with Crippen molar-refractivity contribution in [2.24, 2.45) is 5.16 Å². The van der Waals surface area contributed by atoms with Gasteiger partial charge in [-0.2, -0.15) is 0 Å². The predicted molar refractivity (Wildman–Crippen MR) is 109 cm³/mol. The maximum atomic E-state index is 12.0. The number of hydrogen-bond acceptors (Lipinski definition) is 6. The summed E-state index contributed by atoms with van der Waals surface area (Å²) in [5.41, 5.74) is 0.926. The first-order chi connectivity index (χ1) is 14.0. The summed E-state index contributed by atoms with van der Waals surface area (Å²) < 4.78 is 0. The van der Waals surface area contributed by atoms with Crippen LogP contribution in [0.3, 0.4) is 0 Å². The Labute approximate surface area is 165 Å². The highest BCUT2D eigenvalue weighted by atomic mass is 16.6. The van der Waals surface area contributed by atoms with Crippen LogP contribution in [0.15, 0.2) is 71.9 Å². The normalized spacial score (nSPS) is 10.6. The van der Waals surface area contributed by atoms with E-state index in [1.165, 1.54) is 24.3 Å². The average Bonchev–Trinajstić information content (AvgIpc) is 2.72. The number of oxime groups is 1. The zero-order valence-corrected chi connectivity index (χ0v) is 15.1. The molecule has 2 N–H and O–H groups in total. The van der Waals surface area contributed by atoms with Gasteiger partial charge in [0.2, 0.25) is 0 Å². The number of amides is 2.